The van der Waals surface area contributed by atoms with Crippen LogP contribution in [0.1, 0.15) is 131 Å². The Balaban J connectivity index is 1.39. The molecule has 1 N–H and O–H groups in total. The average Bonchev–Trinajstić information content (AvgIpc) is 3.54. The lowest BCUT2D eigenvalue weighted by atomic mass is 9.75. The van der Waals surface area contributed by atoms with Gasteiger partial charge in [-0.15, -0.1) is 0 Å². The highest BCUT2D eigenvalue weighted by molar-refractivity contribution is 9.10. The van der Waals surface area contributed by atoms with Crippen molar-refractivity contribution in [1.82, 2.24) is 0 Å². The minimum atomic E-state index is -4.75. The van der Waals surface area contributed by atoms with Crippen molar-refractivity contribution in [1.29, 1.82) is 0 Å². The Kier molecular flexibility index (Phi) is 18.1. The van der Waals surface area contributed by atoms with Crippen LogP contribution >= 0.6 is 31.9 Å². The molecule has 0 spiro atoms. The lowest BCUT2D eigenvalue weighted by Gasteiger charge is -2.54. The van der Waals surface area contributed by atoms with Crippen LogP contribution in [0.15, 0.2) is 69.6 Å². The van der Waals surface area contributed by atoms with Gasteiger partial charge in [-0.25, -0.2) is 4.79 Å². The lowest BCUT2D eigenvalue weighted by Crippen LogP contribution is -2.71. The van der Waals surface area contributed by atoms with Crippen LogP contribution < -0.4 is 4.74 Å². The minimum Gasteiger partial charge on any atom is -0.457 e. The van der Waals surface area contributed by atoms with E-state index in [1.54, 1.807) is 42.5 Å². The fourth-order valence-electron chi connectivity index (χ4n) is 12.5. The van der Waals surface area contributed by atoms with Gasteiger partial charge in [-0.2, -0.15) is 13.2 Å². The van der Waals surface area contributed by atoms with Crippen molar-refractivity contribution in [2.45, 2.75) is 191 Å². The van der Waals surface area contributed by atoms with E-state index < -0.39 is 82.8 Å². The van der Waals surface area contributed by atoms with Crippen LogP contribution in [0, 0.1) is 17.8 Å². The standard InChI is InChI=1S/C56H77Br2F3O12Si2/c1-31(2)41-19-16-36(11)26-46(41)66-30-47(62)68-51-49(69-54(64-12)22-24-65-25-23-54)48(63)50(52-53(51)72-75(34(7)8,35(9)10)73-74(71-52,32(3)4)33(5)6)70-55(37-14-13-15-38(27-37)56(59,60)61)42-28-39(57)17-20-44(42)67-45-21-18-40(58)29-43(45)55/h13-15,17-18,20-21,27-29,31-36,41,46,48-53,63H,16,19,22-26,30H2,1-12H3/t36-,41+,46-,48+,49-,50-,51-,52+,53+/m1/s1. The number of carbonyl (C=O) groups is 1. The van der Waals surface area contributed by atoms with Gasteiger partial charge >= 0.3 is 29.3 Å². The van der Waals surface area contributed by atoms with E-state index in [1.165, 1.54) is 13.2 Å². The van der Waals surface area contributed by atoms with E-state index >= 15 is 13.2 Å². The molecule has 0 amide bonds. The van der Waals surface area contributed by atoms with E-state index in [9.17, 15) is 9.90 Å². The molecule has 3 heterocycles. The van der Waals surface area contributed by atoms with Gasteiger partial charge in [0.25, 0.3) is 0 Å². The number of hydrogen-bond acceptors (Lipinski definition) is 12. The molecular formula is C56H77Br2F3O12Si2. The summed E-state index contributed by atoms with van der Waals surface area (Å²) in [4.78, 5) is 14.8. The predicted octanol–water partition coefficient (Wildman–Crippen LogP) is 13.6. The van der Waals surface area contributed by atoms with Crippen molar-refractivity contribution in [2.75, 3.05) is 26.9 Å². The van der Waals surface area contributed by atoms with Gasteiger partial charge in [0.2, 0.25) is 0 Å². The summed E-state index contributed by atoms with van der Waals surface area (Å²) in [6, 6.07) is 15.6. The maximum Gasteiger partial charge on any atom is 0.416 e. The molecule has 75 heavy (non-hydrogen) atoms. The Labute approximate surface area is 460 Å². The number of fused-ring (bicyclic) bond motifs is 3. The van der Waals surface area contributed by atoms with Gasteiger partial charge in [-0.3, -0.25) is 0 Å². The van der Waals surface area contributed by atoms with Crippen LogP contribution in [-0.2, 0) is 58.0 Å². The highest BCUT2D eigenvalue weighted by atomic mass is 79.9. The van der Waals surface area contributed by atoms with Crippen molar-refractivity contribution in [3.63, 3.8) is 0 Å². The van der Waals surface area contributed by atoms with Crippen molar-refractivity contribution < 1.29 is 69.2 Å². The zero-order chi connectivity index (χ0) is 54.6. The van der Waals surface area contributed by atoms with Gasteiger partial charge in [0.15, 0.2) is 17.5 Å². The molecule has 2 aliphatic carbocycles. The summed E-state index contributed by atoms with van der Waals surface area (Å²) in [5, 5.41) is 13.8. The number of ether oxygens (including phenoxy) is 7. The maximum atomic E-state index is 15.1. The molecule has 19 heteroatoms. The Morgan fingerprint density at radius 3 is 1.85 bits per heavy atom. The summed E-state index contributed by atoms with van der Waals surface area (Å²) in [6.07, 6.45) is -10.2. The second-order valence-electron chi connectivity index (χ2n) is 23.0. The van der Waals surface area contributed by atoms with Crippen LogP contribution in [0.5, 0.6) is 11.5 Å². The van der Waals surface area contributed by atoms with Gasteiger partial charge in [-0.1, -0.05) is 127 Å². The first-order valence-electron chi connectivity index (χ1n) is 26.8. The van der Waals surface area contributed by atoms with Crippen LogP contribution in [-0.4, -0.2) is 104 Å². The molecule has 3 aliphatic heterocycles. The smallest absolute Gasteiger partial charge is 0.416 e. The normalized spacial score (nSPS) is 29.1. The Hall–Kier alpha value is -2.25. The number of halogens is 5. The molecule has 4 fully saturated rings. The van der Waals surface area contributed by atoms with Crippen LogP contribution in [0.25, 0.3) is 0 Å². The minimum absolute atomic E-state index is 0.0934. The number of rotatable bonds is 15. The van der Waals surface area contributed by atoms with Gasteiger partial charge in [-0.05, 0) is 107 Å². The van der Waals surface area contributed by atoms with Crippen molar-refractivity contribution >= 4 is 55.0 Å². The van der Waals surface area contributed by atoms with Crippen molar-refractivity contribution in [2.24, 2.45) is 17.8 Å². The molecule has 416 valence electrons. The fourth-order valence-corrected chi connectivity index (χ4v) is 24.5. The molecule has 3 aromatic rings. The summed E-state index contributed by atoms with van der Waals surface area (Å²) in [6.45, 7) is 23.3. The molecule has 0 unspecified atom stereocenters. The van der Waals surface area contributed by atoms with E-state index in [-0.39, 0.29) is 72.4 Å². The number of hydrogen-bond donors (Lipinski definition) is 1. The molecule has 8 rings (SSSR count). The molecular weight excluding hydrogens is 1140 g/mol. The number of carbonyl (C=O) groups excluding carboxylic acids is 1. The lowest BCUT2D eigenvalue weighted by molar-refractivity contribution is -0.333. The first kappa shape index (κ1) is 58.9. The van der Waals surface area contributed by atoms with E-state index in [0.717, 1.165) is 31.4 Å². The number of esters is 1. The quantitative estimate of drug-likeness (QED) is 0.0883. The average molecular weight is 1220 g/mol. The number of benzene rings is 3. The largest absolute Gasteiger partial charge is 0.457 e. The molecule has 0 bridgehead atoms. The zero-order valence-corrected chi connectivity index (χ0v) is 50.5. The van der Waals surface area contributed by atoms with Crippen LogP contribution in [0.2, 0.25) is 22.2 Å². The Morgan fingerprint density at radius 2 is 1.33 bits per heavy atom. The fraction of sp³-hybridized carbons (Fsp3) is 0.661. The molecule has 3 aromatic carbocycles. The van der Waals surface area contributed by atoms with Gasteiger partial charge < -0.3 is 51.2 Å². The predicted molar refractivity (Wildman–Crippen MR) is 289 cm³/mol. The van der Waals surface area contributed by atoms with Gasteiger partial charge in [0, 0.05) is 40.0 Å². The number of methoxy groups -OCH3 is 1. The maximum absolute atomic E-state index is 15.1. The highest BCUT2D eigenvalue weighted by Gasteiger charge is 2.68. The number of alkyl halides is 3. The third-order valence-electron chi connectivity index (χ3n) is 16.5. The molecule has 2 saturated heterocycles. The second-order valence-corrected chi connectivity index (χ2v) is 33.6. The summed E-state index contributed by atoms with van der Waals surface area (Å²) in [7, 11) is -5.64. The SMILES string of the molecule is COC1(O[C@@H]2[C@H](O)[C@@H](OC3(c4cccc(C(F)(F)F)c4)c4cc(Br)ccc4Oc4ccc(Br)cc43)[C@@H]3O[Si](C(C)C)(C(C)C)O[Si](C(C)C)(C(C)C)O[C@H]3[C@@H]2OC(=O)CO[C@@H]2C[C@H](C)CC[C@H]2C(C)C)CCOCC1. The molecule has 9 atom stereocenters. The van der Waals surface area contributed by atoms with Gasteiger partial charge in [0.05, 0.1) is 24.9 Å². The summed E-state index contributed by atoms with van der Waals surface area (Å²) in [5.74, 6) is -0.435. The van der Waals surface area contributed by atoms with Crippen LogP contribution in [0.4, 0.5) is 13.2 Å². The van der Waals surface area contributed by atoms with E-state index in [2.05, 4.69) is 108 Å². The third kappa shape index (κ3) is 11.4. The summed E-state index contributed by atoms with van der Waals surface area (Å²) >= 11 is 7.32. The van der Waals surface area contributed by atoms with E-state index in [0.29, 0.717) is 43.4 Å². The number of aliphatic hydroxyl groups excluding tert-OH is 1. The highest BCUT2D eigenvalue weighted by Crippen LogP contribution is 2.58. The molecule has 5 aliphatic rings. The first-order chi connectivity index (χ1) is 35.3. The van der Waals surface area contributed by atoms with Crippen molar-refractivity contribution in [3.8, 4) is 11.5 Å². The Morgan fingerprint density at radius 1 is 0.773 bits per heavy atom. The van der Waals surface area contributed by atoms with E-state index in [4.69, 9.17) is 46.1 Å². The zero-order valence-electron chi connectivity index (χ0n) is 45.3. The Bertz CT molecular complexity index is 2400. The first-order valence-corrected chi connectivity index (χ1v) is 32.3. The molecule has 12 nitrogen and oxygen atoms in total. The monoisotopic (exact) mass is 1210 g/mol. The molecule has 0 aromatic heterocycles. The topological polar surface area (TPSA) is 130 Å². The molecule has 2 saturated carbocycles. The summed E-state index contributed by atoms with van der Waals surface area (Å²) < 4.78 is 117. The second kappa shape index (κ2) is 23.1. The third-order valence-corrected chi connectivity index (χ3v) is 27.8. The van der Waals surface area contributed by atoms with Crippen LogP contribution in [0.3, 0.4) is 0 Å². The van der Waals surface area contributed by atoms with Gasteiger partial charge in [0.1, 0.15) is 48.6 Å². The molecule has 0 radical (unpaired) electrons. The van der Waals surface area contributed by atoms with Crippen molar-refractivity contribution in [3.05, 3.63) is 91.9 Å². The summed E-state index contributed by atoms with van der Waals surface area (Å²) in [5.41, 5.74) is -2.88. The van der Waals surface area contributed by atoms with E-state index in [1.807, 2.05) is 0 Å². The number of aliphatic hydroxyl groups is 1.